The predicted octanol–water partition coefficient (Wildman–Crippen LogP) is 2.99. The van der Waals surface area contributed by atoms with Gasteiger partial charge < -0.3 is 10.6 Å². The molecule has 3 rings (SSSR count). The molecule has 100 valence electrons. The zero-order chi connectivity index (χ0) is 13.1. The van der Waals surface area contributed by atoms with Gasteiger partial charge in [0, 0.05) is 24.5 Å². The average Bonchev–Trinajstić information content (AvgIpc) is 2.85. The average molecular weight is 272 g/mol. The zero-order valence-electron chi connectivity index (χ0n) is 11.3. The molecule has 2 N–H and O–H groups in total. The maximum Gasteiger partial charge on any atom is 0.0305 e. The van der Waals surface area contributed by atoms with E-state index in [4.69, 9.17) is 0 Å². The van der Waals surface area contributed by atoms with Crippen LogP contribution in [0.1, 0.15) is 27.1 Å². The van der Waals surface area contributed by atoms with Gasteiger partial charge in [0.2, 0.25) is 0 Å². The first-order chi connectivity index (χ1) is 9.34. The van der Waals surface area contributed by atoms with E-state index in [1.54, 1.807) is 5.56 Å². The fraction of sp³-hybridized carbons (Fsp3) is 0.375. The van der Waals surface area contributed by atoms with Crippen molar-refractivity contribution in [2.45, 2.75) is 33.0 Å². The van der Waals surface area contributed by atoms with Crippen LogP contribution in [0.15, 0.2) is 29.6 Å². The summed E-state index contributed by atoms with van der Waals surface area (Å²) in [4.78, 5) is 1.45. The molecule has 1 aliphatic heterocycles. The molecule has 0 fully saturated rings. The number of benzene rings is 1. The van der Waals surface area contributed by atoms with Gasteiger partial charge in [-0.05, 0) is 53.6 Å². The Bertz CT molecular complexity index is 560. The van der Waals surface area contributed by atoms with Crippen molar-refractivity contribution < 1.29 is 0 Å². The Morgan fingerprint density at radius 1 is 1.26 bits per heavy atom. The molecule has 2 aromatic rings. The molecule has 1 aliphatic rings. The minimum atomic E-state index is 0.973. The molecule has 3 heteroatoms. The van der Waals surface area contributed by atoms with Crippen molar-refractivity contribution in [3.05, 3.63) is 56.8 Å². The van der Waals surface area contributed by atoms with Crippen LogP contribution in [0.4, 0.5) is 0 Å². The number of fused-ring (bicyclic) bond motifs is 1. The fourth-order valence-corrected chi connectivity index (χ4v) is 3.55. The molecule has 0 saturated heterocycles. The van der Waals surface area contributed by atoms with E-state index in [0.29, 0.717) is 0 Å². The SMILES string of the molecule is Cc1ccsc1CNCc1cccc2c1CCNC2. The summed E-state index contributed by atoms with van der Waals surface area (Å²) in [6.07, 6.45) is 1.16. The fourth-order valence-electron chi connectivity index (χ4n) is 2.67. The second-order valence-electron chi connectivity index (χ2n) is 5.11. The molecule has 1 aromatic heterocycles. The second-order valence-corrected chi connectivity index (χ2v) is 6.11. The first-order valence-corrected chi connectivity index (χ1v) is 7.76. The van der Waals surface area contributed by atoms with Gasteiger partial charge in [0.1, 0.15) is 0 Å². The highest BCUT2D eigenvalue weighted by atomic mass is 32.1. The van der Waals surface area contributed by atoms with Crippen LogP contribution in [0.2, 0.25) is 0 Å². The van der Waals surface area contributed by atoms with E-state index in [2.05, 4.69) is 47.2 Å². The summed E-state index contributed by atoms with van der Waals surface area (Å²) in [7, 11) is 0. The smallest absolute Gasteiger partial charge is 0.0305 e. The summed E-state index contributed by atoms with van der Waals surface area (Å²) >= 11 is 1.84. The highest BCUT2D eigenvalue weighted by Crippen LogP contribution is 2.19. The van der Waals surface area contributed by atoms with E-state index >= 15 is 0 Å². The third-order valence-electron chi connectivity index (χ3n) is 3.81. The largest absolute Gasteiger partial charge is 0.312 e. The Hall–Kier alpha value is -1.16. The van der Waals surface area contributed by atoms with Crippen LogP contribution < -0.4 is 10.6 Å². The molecule has 0 aliphatic carbocycles. The van der Waals surface area contributed by atoms with Crippen molar-refractivity contribution in [1.29, 1.82) is 0 Å². The normalized spacial score (nSPS) is 14.4. The van der Waals surface area contributed by atoms with Crippen LogP contribution in [0.25, 0.3) is 0 Å². The predicted molar refractivity (Wildman–Crippen MR) is 81.5 cm³/mol. The van der Waals surface area contributed by atoms with Crippen molar-refractivity contribution in [1.82, 2.24) is 10.6 Å². The standard InChI is InChI=1S/C16H20N2S/c1-12-6-8-19-16(12)11-18-10-14-4-2-3-13-9-17-7-5-15(13)14/h2-4,6,8,17-18H,5,7,9-11H2,1H3. The third kappa shape index (κ3) is 2.89. The van der Waals surface area contributed by atoms with E-state index in [9.17, 15) is 0 Å². The van der Waals surface area contributed by atoms with Crippen molar-refractivity contribution in [2.75, 3.05) is 6.54 Å². The highest BCUT2D eigenvalue weighted by molar-refractivity contribution is 7.10. The molecule has 0 amide bonds. The van der Waals surface area contributed by atoms with Crippen LogP contribution in [-0.2, 0) is 26.1 Å². The summed E-state index contributed by atoms with van der Waals surface area (Å²) in [5.41, 5.74) is 5.89. The number of aryl methyl sites for hydroxylation is 1. The van der Waals surface area contributed by atoms with Crippen molar-refractivity contribution in [2.24, 2.45) is 0 Å². The number of rotatable bonds is 4. The van der Waals surface area contributed by atoms with Gasteiger partial charge in [0.25, 0.3) is 0 Å². The van der Waals surface area contributed by atoms with Crippen LogP contribution in [-0.4, -0.2) is 6.54 Å². The summed E-state index contributed by atoms with van der Waals surface area (Å²) < 4.78 is 0. The number of hydrogen-bond acceptors (Lipinski definition) is 3. The van der Waals surface area contributed by atoms with Crippen LogP contribution in [0.3, 0.4) is 0 Å². The maximum absolute atomic E-state index is 3.59. The van der Waals surface area contributed by atoms with E-state index in [1.807, 2.05) is 11.3 Å². The monoisotopic (exact) mass is 272 g/mol. The topological polar surface area (TPSA) is 24.1 Å². The molecule has 1 aromatic carbocycles. The number of nitrogens with one attached hydrogen (secondary N) is 2. The first-order valence-electron chi connectivity index (χ1n) is 6.88. The molecule has 0 atom stereocenters. The van der Waals surface area contributed by atoms with Gasteiger partial charge in [-0.2, -0.15) is 0 Å². The summed E-state index contributed by atoms with van der Waals surface area (Å²) in [6.45, 7) is 6.26. The van der Waals surface area contributed by atoms with Gasteiger partial charge in [-0.3, -0.25) is 0 Å². The lowest BCUT2D eigenvalue weighted by atomic mass is 9.95. The minimum Gasteiger partial charge on any atom is -0.312 e. The molecule has 0 bridgehead atoms. The quantitative estimate of drug-likeness (QED) is 0.894. The van der Waals surface area contributed by atoms with Gasteiger partial charge in [-0.15, -0.1) is 11.3 Å². The van der Waals surface area contributed by atoms with Crippen LogP contribution >= 0.6 is 11.3 Å². The molecule has 0 spiro atoms. The number of thiophene rings is 1. The summed E-state index contributed by atoms with van der Waals surface area (Å²) in [6, 6.07) is 8.88. The first kappa shape index (κ1) is 12.9. The lowest BCUT2D eigenvalue weighted by Gasteiger charge is -2.20. The van der Waals surface area contributed by atoms with Crippen molar-refractivity contribution in [3.63, 3.8) is 0 Å². The summed E-state index contributed by atoms with van der Waals surface area (Å²) in [5, 5.41) is 9.19. The molecule has 0 radical (unpaired) electrons. The zero-order valence-corrected chi connectivity index (χ0v) is 12.1. The molecule has 2 heterocycles. The molecule has 2 nitrogen and oxygen atoms in total. The molecule has 0 unspecified atom stereocenters. The lowest BCUT2D eigenvalue weighted by Crippen LogP contribution is -2.25. The molecule has 0 saturated carbocycles. The highest BCUT2D eigenvalue weighted by Gasteiger charge is 2.11. The van der Waals surface area contributed by atoms with E-state index in [-0.39, 0.29) is 0 Å². The van der Waals surface area contributed by atoms with Gasteiger partial charge in [-0.1, -0.05) is 18.2 Å². The van der Waals surface area contributed by atoms with Crippen molar-refractivity contribution >= 4 is 11.3 Å². The molecular weight excluding hydrogens is 252 g/mol. The van der Waals surface area contributed by atoms with Gasteiger partial charge in [0.05, 0.1) is 0 Å². The Kier molecular flexibility index (Phi) is 3.97. The van der Waals surface area contributed by atoms with Crippen LogP contribution in [0.5, 0.6) is 0 Å². The van der Waals surface area contributed by atoms with Gasteiger partial charge in [-0.25, -0.2) is 0 Å². The molecular formula is C16H20N2S. The van der Waals surface area contributed by atoms with E-state index in [1.165, 1.54) is 21.6 Å². The Morgan fingerprint density at radius 3 is 3.05 bits per heavy atom. The maximum atomic E-state index is 3.59. The Labute approximate surface area is 118 Å². The second kappa shape index (κ2) is 5.87. The third-order valence-corrected chi connectivity index (χ3v) is 4.83. The van der Waals surface area contributed by atoms with Crippen molar-refractivity contribution in [3.8, 4) is 0 Å². The van der Waals surface area contributed by atoms with Crippen LogP contribution in [0, 0.1) is 6.92 Å². The van der Waals surface area contributed by atoms with Gasteiger partial charge >= 0.3 is 0 Å². The minimum absolute atomic E-state index is 0.973. The lowest BCUT2D eigenvalue weighted by molar-refractivity contribution is 0.627. The van der Waals surface area contributed by atoms with E-state index < -0.39 is 0 Å². The van der Waals surface area contributed by atoms with E-state index in [0.717, 1.165) is 32.6 Å². The molecule has 19 heavy (non-hydrogen) atoms. The van der Waals surface area contributed by atoms with Gasteiger partial charge in [0.15, 0.2) is 0 Å². The number of hydrogen-bond donors (Lipinski definition) is 2. The Morgan fingerprint density at radius 2 is 2.21 bits per heavy atom. The summed E-state index contributed by atoms with van der Waals surface area (Å²) in [5.74, 6) is 0. The Balaban J connectivity index is 1.66.